The summed E-state index contributed by atoms with van der Waals surface area (Å²) < 4.78 is 10.4. The number of carbonyl (C=O) groups is 1. The summed E-state index contributed by atoms with van der Waals surface area (Å²) in [5.74, 6) is 1.02. The van der Waals surface area contributed by atoms with Crippen molar-refractivity contribution in [3.8, 4) is 17.2 Å². The number of urea groups is 1. The number of methoxy groups -OCH3 is 2. The first kappa shape index (κ1) is 11.4. The van der Waals surface area contributed by atoms with Gasteiger partial charge >= 0.3 is 6.03 Å². The normalized spacial score (nSPS) is 18.5. The molecule has 1 aromatic carbocycles. The Hall–Kier alpha value is -2.11. The molecule has 0 spiro atoms. The van der Waals surface area contributed by atoms with Gasteiger partial charge in [-0.05, 0) is 0 Å². The molecule has 0 radical (unpaired) electrons. The van der Waals surface area contributed by atoms with Crippen molar-refractivity contribution in [3.05, 3.63) is 17.7 Å². The number of hydrogen-bond donors (Lipinski definition) is 3. The Morgan fingerprint density at radius 2 is 1.88 bits per heavy atom. The van der Waals surface area contributed by atoms with Crippen LogP contribution in [-0.4, -0.2) is 31.9 Å². The summed E-state index contributed by atoms with van der Waals surface area (Å²) in [6.45, 7) is 0.455. The van der Waals surface area contributed by atoms with Crippen LogP contribution in [0.2, 0.25) is 0 Å². The van der Waals surface area contributed by atoms with Gasteiger partial charge in [0.1, 0.15) is 17.2 Å². The highest BCUT2D eigenvalue weighted by molar-refractivity contribution is 5.77. The third-order valence-corrected chi connectivity index (χ3v) is 2.65. The van der Waals surface area contributed by atoms with Gasteiger partial charge in [0, 0.05) is 18.7 Å². The molecule has 1 fully saturated rings. The average molecular weight is 238 g/mol. The molecule has 3 N–H and O–H groups in total. The lowest BCUT2D eigenvalue weighted by Crippen LogP contribution is -2.22. The number of phenols is 1. The molecule has 0 saturated carbocycles. The van der Waals surface area contributed by atoms with Crippen LogP contribution in [0.25, 0.3) is 0 Å². The third-order valence-electron chi connectivity index (χ3n) is 2.65. The number of aromatic hydroxyl groups is 1. The summed E-state index contributed by atoms with van der Waals surface area (Å²) in [4.78, 5) is 11.1. The number of nitrogens with one attached hydrogen (secondary N) is 2. The van der Waals surface area contributed by atoms with Crippen LogP contribution < -0.4 is 20.1 Å². The Kier molecular flexibility index (Phi) is 2.95. The van der Waals surface area contributed by atoms with Gasteiger partial charge in [-0.25, -0.2) is 4.79 Å². The van der Waals surface area contributed by atoms with Gasteiger partial charge in [-0.3, -0.25) is 0 Å². The van der Waals surface area contributed by atoms with Crippen molar-refractivity contribution in [2.45, 2.75) is 6.04 Å². The van der Waals surface area contributed by atoms with Crippen LogP contribution in [0.1, 0.15) is 11.6 Å². The molecule has 2 rings (SSSR count). The topological polar surface area (TPSA) is 79.8 Å². The van der Waals surface area contributed by atoms with Gasteiger partial charge in [-0.2, -0.15) is 0 Å². The van der Waals surface area contributed by atoms with Gasteiger partial charge in [0.25, 0.3) is 0 Å². The fourth-order valence-electron chi connectivity index (χ4n) is 1.90. The Morgan fingerprint density at radius 1 is 1.29 bits per heavy atom. The Labute approximate surface area is 98.5 Å². The van der Waals surface area contributed by atoms with Gasteiger partial charge in [0.2, 0.25) is 0 Å². The van der Waals surface area contributed by atoms with Crippen molar-refractivity contribution in [2.75, 3.05) is 20.8 Å². The SMILES string of the molecule is COc1cc(O)cc(OC)c1[C@@H]1CNC(=O)N1. The number of rotatable bonds is 3. The highest BCUT2D eigenvalue weighted by Gasteiger charge is 2.28. The van der Waals surface area contributed by atoms with E-state index in [1.165, 1.54) is 26.4 Å². The first-order chi connectivity index (χ1) is 8.15. The average Bonchev–Trinajstić information content (AvgIpc) is 2.74. The Balaban J connectivity index is 2.46. The van der Waals surface area contributed by atoms with Gasteiger partial charge < -0.3 is 25.2 Å². The monoisotopic (exact) mass is 238 g/mol. The molecule has 0 bridgehead atoms. The maximum absolute atomic E-state index is 11.1. The van der Waals surface area contributed by atoms with E-state index in [9.17, 15) is 9.90 Å². The van der Waals surface area contributed by atoms with Crippen LogP contribution in [0.3, 0.4) is 0 Å². The Morgan fingerprint density at radius 3 is 2.29 bits per heavy atom. The summed E-state index contributed by atoms with van der Waals surface area (Å²) in [7, 11) is 3.00. The molecule has 6 nitrogen and oxygen atoms in total. The Bertz CT molecular complexity index is 422. The smallest absolute Gasteiger partial charge is 0.315 e. The van der Waals surface area contributed by atoms with E-state index >= 15 is 0 Å². The minimum atomic E-state index is -0.229. The van der Waals surface area contributed by atoms with Crippen molar-refractivity contribution in [1.82, 2.24) is 10.6 Å². The second-order valence-corrected chi connectivity index (χ2v) is 3.67. The molecule has 17 heavy (non-hydrogen) atoms. The highest BCUT2D eigenvalue weighted by atomic mass is 16.5. The van der Waals surface area contributed by atoms with Crippen LogP contribution in [0, 0.1) is 0 Å². The third kappa shape index (κ3) is 2.06. The van der Waals surface area contributed by atoms with E-state index in [0.29, 0.717) is 23.6 Å². The quantitative estimate of drug-likeness (QED) is 0.726. The van der Waals surface area contributed by atoms with Crippen LogP contribution in [0.15, 0.2) is 12.1 Å². The minimum absolute atomic E-state index is 0.0553. The van der Waals surface area contributed by atoms with Crippen molar-refractivity contribution in [2.24, 2.45) is 0 Å². The second kappa shape index (κ2) is 4.40. The van der Waals surface area contributed by atoms with Gasteiger partial charge in [-0.1, -0.05) is 0 Å². The van der Waals surface area contributed by atoms with E-state index in [4.69, 9.17) is 9.47 Å². The molecule has 1 aliphatic rings. The number of phenolic OH excluding ortho intramolecular Hbond substituents is 1. The first-order valence-corrected chi connectivity index (χ1v) is 5.15. The van der Waals surface area contributed by atoms with Crippen molar-refractivity contribution < 1.29 is 19.4 Å². The zero-order valence-electron chi connectivity index (χ0n) is 9.61. The minimum Gasteiger partial charge on any atom is -0.508 e. The van der Waals surface area contributed by atoms with E-state index in [2.05, 4.69) is 10.6 Å². The maximum Gasteiger partial charge on any atom is 0.315 e. The molecular formula is C11H14N2O4. The molecular weight excluding hydrogens is 224 g/mol. The number of carbonyl (C=O) groups excluding carboxylic acids is 1. The van der Waals surface area contributed by atoms with Crippen LogP contribution >= 0.6 is 0 Å². The van der Waals surface area contributed by atoms with Gasteiger partial charge in [0.15, 0.2) is 0 Å². The number of amides is 2. The van der Waals surface area contributed by atoms with E-state index in [1.54, 1.807) is 0 Å². The van der Waals surface area contributed by atoms with Crippen LogP contribution in [-0.2, 0) is 0 Å². The van der Waals surface area contributed by atoms with Crippen molar-refractivity contribution in [1.29, 1.82) is 0 Å². The largest absolute Gasteiger partial charge is 0.508 e. The van der Waals surface area contributed by atoms with E-state index in [-0.39, 0.29) is 17.8 Å². The zero-order chi connectivity index (χ0) is 12.4. The van der Waals surface area contributed by atoms with Gasteiger partial charge in [-0.15, -0.1) is 0 Å². The summed E-state index contributed by atoms with van der Waals surface area (Å²) in [5.41, 5.74) is 0.714. The predicted molar refractivity (Wildman–Crippen MR) is 60.5 cm³/mol. The fourth-order valence-corrected chi connectivity index (χ4v) is 1.90. The lowest BCUT2D eigenvalue weighted by molar-refractivity contribution is 0.247. The van der Waals surface area contributed by atoms with Crippen LogP contribution in [0.5, 0.6) is 17.2 Å². The molecule has 6 heteroatoms. The lowest BCUT2D eigenvalue weighted by Gasteiger charge is -2.17. The van der Waals surface area contributed by atoms with E-state index in [1.807, 2.05) is 0 Å². The summed E-state index contributed by atoms with van der Waals surface area (Å²) >= 11 is 0. The number of hydrogen-bond acceptors (Lipinski definition) is 4. The number of ether oxygens (including phenoxy) is 2. The summed E-state index contributed by atoms with van der Waals surface area (Å²) in [6.07, 6.45) is 0. The highest BCUT2D eigenvalue weighted by Crippen LogP contribution is 2.38. The molecule has 1 heterocycles. The second-order valence-electron chi connectivity index (χ2n) is 3.67. The summed E-state index contributed by atoms with van der Waals surface area (Å²) in [6, 6.07) is 2.52. The molecule has 1 saturated heterocycles. The van der Waals surface area contributed by atoms with E-state index in [0.717, 1.165) is 0 Å². The molecule has 92 valence electrons. The molecule has 0 aliphatic carbocycles. The van der Waals surface area contributed by atoms with Gasteiger partial charge in [0.05, 0.1) is 25.8 Å². The summed E-state index contributed by atoms with van der Waals surface area (Å²) in [5, 5.41) is 14.9. The van der Waals surface area contributed by atoms with Crippen molar-refractivity contribution >= 4 is 6.03 Å². The molecule has 1 aliphatic heterocycles. The molecule has 0 unspecified atom stereocenters. The maximum atomic E-state index is 11.1. The lowest BCUT2D eigenvalue weighted by atomic mass is 10.0. The molecule has 2 amide bonds. The fraction of sp³-hybridized carbons (Fsp3) is 0.364. The van der Waals surface area contributed by atoms with Crippen molar-refractivity contribution in [3.63, 3.8) is 0 Å². The molecule has 1 atom stereocenters. The molecule has 1 aromatic rings. The predicted octanol–water partition coefficient (Wildman–Crippen LogP) is 0.763. The molecule has 0 aromatic heterocycles. The number of benzene rings is 1. The zero-order valence-corrected chi connectivity index (χ0v) is 9.61. The van der Waals surface area contributed by atoms with E-state index < -0.39 is 0 Å². The first-order valence-electron chi connectivity index (χ1n) is 5.15. The van der Waals surface area contributed by atoms with Crippen LogP contribution in [0.4, 0.5) is 4.79 Å². The standard InChI is InChI=1S/C11H14N2O4/c1-16-8-3-6(14)4-9(17-2)10(8)7-5-12-11(15)13-7/h3-4,7,14H,5H2,1-2H3,(H2,12,13,15)/t7-/m0/s1.